The minimum Gasteiger partial charge on any atom is -0.325 e. The number of hydrogen-bond donors (Lipinski definition) is 1. The maximum atomic E-state index is 12.1. The summed E-state index contributed by atoms with van der Waals surface area (Å²) in [6.07, 6.45) is 1.14. The molecule has 0 saturated heterocycles. The van der Waals surface area contributed by atoms with Crippen molar-refractivity contribution in [1.82, 2.24) is 0 Å². The summed E-state index contributed by atoms with van der Waals surface area (Å²) >= 11 is 6.03. The summed E-state index contributed by atoms with van der Waals surface area (Å²) in [6, 6.07) is 14.9. The molecule has 4 nitrogen and oxygen atoms in total. The fourth-order valence-corrected chi connectivity index (χ4v) is 2.55. The lowest BCUT2D eigenvalue weighted by Gasteiger charge is -2.21. The largest absolute Gasteiger partial charge is 0.325 e. The number of amides is 2. The molecule has 0 unspecified atom stereocenters. The van der Waals surface area contributed by atoms with Crippen LogP contribution in [0, 0.1) is 0 Å². The van der Waals surface area contributed by atoms with Crippen molar-refractivity contribution in [2.45, 2.75) is 26.7 Å². The van der Waals surface area contributed by atoms with Gasteiger partial charge >= 0.3 is 0 Å². The van der Waals surface area contributed by atoms with Crippen LogP contribution in [0.15, 0.2) is 48.5 Å². The number of halogens is 1. The predicted molar refractivity (Wildman–Crippen MR) is 98.5 cm³/mol. The van der Waals surface area contributed by atoms with Crippen LogP contribution in [-0.2, 0) is 16.0 Å². The van der Waals surface area contributed by atoms with E-state index in [1.165, 1.54) is 12.5 Å². The number of nitrogens with one attached hydrogen (secondary N) is 1. The number of rotatable bonds is 6. The average Bonchev–Trinajstić information content (AvgIpc) is 2.57. The lowest BCUT2D eigenvalue weighted by atomic mass is 10.1. The van der Waals surface area contributed by atoms with Gasteiger partial charge < -0.3 is 10.2 Å². The van der Waals surface area contributed by atoms with E-state index >= 15 is 0 Å². The first-order valence-corrected chi connectivity index (χ1v) is 8.30. The van der Waals surface area contributed by atoms with Gasteiger partial charge in [-0.15, -0.1) is 0 Å². The van der Waals surface area contributed by atoms with Crippen molar-refractivity contribution in [3.05, 3.63) is 59.1 Å². The van der Waals surface area contributed by atoms with Gasteiger partial charge in [0.25, 0.3) is 0 Å². The molecule has 2 amide bonds. The van der Waals surface area contributed by atoms with Gasteiger partial charge in [0.15, 0.2) is 0 Å². The van der Waals surface area contributed by atoms with Gasteiger partial charge in [0, 0.05) is 25.6 Å². The van der Waals surface area contributed by atoms with Crippen molar-refractivity contribution < 1.29 is 9.59 Å². The zero-order chi connectivity index (χ0) is 17.5. The van der Waals surface area contributed by atoms with E-state index in [1.807, 2.05) is 24.3 Å². The third-order valence-corrected chi connectivity index (χ3v) is 4.08. The topological polar surface area (TPSA) is 49.4 Å². The second-order valence-corrected chi connectivity index (χ2v) is 5.88. The minimum atomic E-state index is -0.181. The van der Waals surface area contributed by atoms with Crippen LogP contribution >= 0.6 is 11.6 Å². The second-order valence-electron chi connectivity index (χ2n) is 5.47. The fraction of sp³-hybridized carbons (Fsp3) is 0.263. The molecule has 2 aromatic carbocycles. The number of nitrogens with zero attached hydrogens (tertiary/aromatic N) is 1. The summed E-state index contributed by atoms with van der Waals surface area (Å²) in [4.78, 5) is 25.6. The smallest absolute Gasteiger partial charge is 0.226 e. The molecule has 0 spiro atoms. The van der Waals surface area contributed by atoms with Gasteiger partial charge in [0.2, 0.25) is 11.8 Å². The van der Waals surface area contributed by atoms with E-state index in [-0.39, 0.29) is 18.2 Å². The molecule has 0 fully saturated rings. The summed E-state index contributed by atoms with van der Waals surface area (Å²) in [6.45, 7) is 3.90. The number of benzene rings is 2. The van der Waals surface area contributed by atoms with Crippen LogP contribution in [0.2, 0.25) is 5.02 Å². The minimum absolute atomic E-state index is 0.0928. The molecule has 0 radical (unpaired) electrons. The molecule has 0 atom stereocenters. The second kappa shape index (κ2) is 8.50. The zero-order valence-electron chi connectivity index (χ0n) is 13.9. The van der Waals surface area contributed by atoms with Crippen molar-refractivity contribution in [3.8, 4) is 0 Å². The van der Waals surface area contributed by atoms with Gasteiger partial charge in [-0.1, -0.05) is 42.8 Å². The summed E-state index contributed by atoms with van der Waals surface area (Å²) in [7, 11) is 0. The highest BCUT2D eigenvalue weighted by Crippen LogP contribution is 2.21. The molecule has 5 heteroatoms. The quantitative estimate of drug-likeness (QED) is 0.850. The van der Waals surface area contributed by atoms with Gasteiger partial charge in [-0.3, -0.25) is 9.59 Å². The molecule has 126 valence electrons. The van der Waals surface area contributed by atoms with E-state index in [9.17, 15) is 9.59 Å². The Hall–Kier alpha value is -2.33. The van der Waals surface area contributed by atoms with Crippen molar-refractivity contribution >= 4 is 34.8 Å². The Morgan fingerprint density at radius 3 is 2.33 bits per heavy atom. The van der Waals surface area contributed by atoms with E-state index in [4.69, 9.17) is 11.6 Å². The van der Waals surface area contributed by atoms with Gasteiger partial charge in [-0.25, -0.2) is 0 Å². The number of carbonyl (C=O) groups excluding carboxylic acids is 2. The van der Waals surface area contributed by atoms with Crippen molar-refractivity contribution in [2.24, 2.45) is 0 Å². The predicted octanol–water partition coefficient (Wildman–Crippen LogP) is 4.28. The molecule has 0 saturated carbocycles. The molecular formula is C19H21ClN2O2. The molecule has 2 aromatic rings. The van der Waals surface area contributed by atoms with E-state index in [0.717, 1.165) is 12.1 Å². The third-order valence-electron chi connectivity index (χ3n) is 3.75. The molecule has 2 rings (SSSR count). The van der Waals surface area contributed by atoms with Crippen molar-refractivity contribution in [2.75, 3.05) is 16.8 Å². The first kappa shape index (κ1) is 18.0. The third kappa shape index (κ3) is 4.83. The lowest BCUT2D eigenvalue weighted by molar-refractivity contribution is -0.117. The van der Waals surface area contributed by atoms with Crippen LogP contribution in [0.5, 0.6) is 0 Å². The van der Waals surface area contributed by atoms with Crippen LogP contribution in [-0.4, -0.2) is 18.4 Å². The number of carbonyl (C=O) groups is 2. The fourth-order valence-electron chi connectivity index (χ4n) is 2.37. The van der Waals surface area contributed by atoms with E-state index in [1.54, 1.807) is 29.2 Å². The maximum Gasteiger partial charge on any atom is 0.226 e. The molecule has 0 aliphatic rings. The summed E-state index contributed by atoms with van der Waals surface area (Å²) in [5, 5.41) is 3.26. The summed E-state index contributed by atoms with van der Waals surface area (Å²) in [5.74, 6) is -0.274. The first-order chi connectivity index (χ1) is 11.5. The number of hydrogen-bond acceptors (Lipinski definition) is 2. The Labute approximate surface area is 147 Å². The Balaban J connectivity index is 1.99. The van der Waals surface area contributed by atoms with Gasteiger partial charge in [0.1, 0.15) is 0 Å². The monoisotopic (exact) mass is 344 g/mol. The molecule has 0 bridgehead atoms. The Bertz CT molecular complexity index is 714. The van der Waals surface area contributed by atoms with E-state index in [2.05, 4.69) is 12.2 Å². The first-order valence-electron chi connectivity index (χ1n) is 7.92. The van der Waals surface area contributed by atoms with Crippen LogP contribution in [0.3, 0.4) is 0 Å². The molecule has 0 aromatic heterocycles. The highest BCUT2D eigenvalue weighted by molar-refractivity contribution is 6.33. The highest BCUT2D eigenvalue weighted by atomic mass is 35.5. The summed E-state index contributed by atoms with van der Waals surface area (Å²) < 4.78 is 0. The Morgan fingerprint density at radius 2 is 1.75 bits per heavy atom. The molecule has 0 aliphatic heterocycles. The van der Waals surface area contributed by atoms with Gasteiger partial charge in [0.05, 0.1) is 10.7 Å². The maximum absolute atomic E-state index is 12.1. The Morgan fingerprint density at radius 1 is 1.08 bits per heavy atom. The summed E-state index contributed by atoms with van der Waals surface area (Å²) in [5.41, 5.74) is 2.58. The lowest BCUT2D eigenvalue weighted by Crippen LogP contribution is -2.31. The molecule has 0 heterocycles. The Kier molecular flexibility index (Phi) is 6.38. The SMILES string of the molecule is CCc1ccc(N(CCC(=O)Nc2ccccc2Cl)C(C)=O)cc1. The molecule has 24 heavy (non-hydrogen) atoms. The van der Waals surface area contributed by atoms with Crippen LogP contribution in [0.1, 0.15) is 25.8 Å². The average molecular weight is 345 g/mol. The molecule has 0 aliphatic carbocycles. The molecular weight excluding hydrogens is 324 g/mol. The number of para-hydroxylation sites is 1. The standard InChI is InChI=1S/C19H21ClN2O2/c1-3-15-8-10-16(11-9-15)22(14(2)23)13-12-19(24)21-18-7-5-4-6-17(18)20/h4-11H,3,12-13H2,1-2H3,(H,21,24). The van der Waals surface area contributed by atoms with Gasteiger partial charge in [-0.05, 0) is 36.2 Å². The normalized spacial score (nSPS) is 10.3. The van der Waals surface area contributed by atoms with Crippen LogP contribution in [0.25, 0.3) is 0 Å². The van der Waals surface area contributed by atoms with Crippen LogP contribution < -0.4 is 10.2 Å². The van der Waals surface area contributed by atoms with Crippen LogP contribution in [0.4, 0.5) is 11.4 Å². The number of aryl methyl sites for hydroxylation is 1. The zero-order valence-corrected chi connectivity index (χ0v) is 14.6. The highest BCUT2D eigenvalue weighted by Gasteiger charge is 2.14. The van der Waals surface area contributed by atoms with Crippen molar-refractivity contribution in [1.29, 1.82) is 0 Å². The van der Waals surface area contributed by atoms with Gasteiger partial charge in [-0.2, -0.15) is 0 Å². The van der Waals surface area contributed by atoms with Crippen molar-refractivity contribution in [3.63, 3.8) is 0 Å². The molecule has 1 N–H and O–H groups in total. The van der Waals surface area contributed by atoms with E-state index < -0.39 is 0 Å². The van der Waals surface area contributed by atoms with E-state index in [0.29, 0.717) is 17.3 Å². The number of anilines is 2.